The van der Waals surface area contributed by atoms with Crippen LogP contribution in [-0.2, 0) is 4.79 Å². The van der Waals surface area contributed by atoms with Crippen LogP contribution in [0.3, 0.4) is 0 Å². The summed E-state index contributed by atoms with van der Waals surface area (Å²) >= 11 is 0. The molecule has 0 aliphatic carbocycles. The molecule has 82 valence electrons. The summed E-state index contributed by atoms with van der Waals surface area (Å²) in [4.78, 5) is 15.7. The van der Waals surface area contributed by atoms with Crippen LogP contribution in [0.5, 0.6) is 0 Å². The minimum atomic E-state index is -0.447. The van der Waals surface area contributed by atoms with Gasteiger partial charge < -0.3 is 11.1 Å². The summed E-state index contributed by atoms with van der Waals surface area (Å²) in [6.07, 6.45) is 1.59. The highest BCUT2D eigenvalue weighted by Gasteiger charge is 2.12. The van der Waals surface area contributed by atoms with Crippen molar-refractivity contribution in [3.05, 3.63) is 23.9 Å². The predicted molar refractivity (Wildman–Crippen MR) is 60.5 cm³/mol. The van der Waals surface area contributed by atoms with E-state index in [-0.39, 0.29) is 5.91 Å². The highest BCUT2D eigenvalue weighted by molar-refractivity contribution is 5.93. The maximum atomic E-state index is 11.5. The van der Waals surface area contributed by atoms with Gasteiger partial charge in [0, 0.05) is 5.69 Å². The van der Waals surface area contributed by atoms with Gasteiger partial charge in [-0.05, 0) is 25.5 Å². The number of carbonyl (C=O) groups excluding carboxylic acids is 1. The molecule has 4 heteroatoms. The number of nitrogens with zero attached hydrogens (tertiary/aromatic N) is 1. The van der Waals surface area contributed by atoms with Gasteiger partial charge in [0.25, 0.3) is 0 Å². The summed E-state index contributed by atoms with van der Waals surface area (Å²) in [7, 11) is 0. The fourth-order valence-corrected chi connectivity index (χ4v) is 1.27. The molecule has 1 aromatic heterocycles. The molecule has 0 aliphatic heterocycles. The molecule has 0 spiro atoms. The molecule has 1 atom stereocenters. The van der Waals surface area contributed by atoms with Gasteiger partial charge >= 0.3 is 0 Å². The predicted octanol–water partition coefficient (Wildman–Crippen LogP) is 1.46. The lowest BCUT2D eigenvalue weighted by molar-refractivity contribution is -0.117. The zero-order valence-corrected chi connectivity index (χ0v) is 9.16. The third-order valence-electron chi connectivity index (χ3n) is 2.08. The number of pyridine rings is 1. The molecule has 0 bridgehead atoms. The number of aryl methyl sites for hydroxylation is 1. The van der Waals surface area contributed by atoms with Crippen LogP contribution in [0.25, 0.3) is 0 Å². The molecular weight excluding hydrogens is 190 g/mol. The zero-order valence-electron chi connectivity index (χ0n) is 9.16. The highest BCUT2D eigenvalue weighted by Crippen LogP contribution is 2.05. The van der Waals surface area contributed by atoms with Crippen LogP contribution < -0.4 is 11.1 Å². The maximum Gasteiger partial charge on any atom is 0.242 e. The number of amides is 1. The number of anilines is 1. The van der Waals surface area contributed by atoms with E-state index in [1.165, 1.54) is 0 Å². The summed E-state index contributed by atoms with van der Waals surface area (Å²) < 4.78 is 0. The summed E-state index contributed by atoms with van der Waals surface area (Å²) in [5.41, 5.74) is 6.55. The molecule has 1 aromatic rings. The number of carbonyl (C=O) groups is 1. The van der Waals surface area contributed by atoms with Gasteiger partial charge in [0.2, 0.25) is 5.91 Å². The van der Waals surface area contributed by atoms with Crippen LogP contribution in [0.4, 0.5) is 5.82 Å². The van der Waals surface area contributed by atoms with Gasteiger partial charge in [0.1, 0.15) is 5.82 Å². The Bertz CT molecular complexity index is 338. The second kappa shape index (κ2) is 5.46. The number of hydrogen-bond acceptors (Lipinski definition) is 3. The molecule has 15 heavy (non-hydrogen) atoms. The van der Waals surface area contributed by atoms with E-state index in [4.69, 9.17) is 5.73 Å². The molecule has 3 N–H and O–H groups in total. The Hall–Kier alpha value is -1.42. The van der Waals surface area contributed by atoms with Crippen LogP contribution in [0.1, 0.15) is 25.5 Å². The van der Waals surface area contributed by atoms with Crippen LogP contribution in [0.15, 0.2) is 18.2 Å². The molecule has 1 amide bonds. The first-order valence-electron chi connectivity index (χ1n) is 5.13. The van der Waals surface area contributed by atoms with Crippen molar-refractivity contribution >= 4 is 11.7 Å². The number of aromatic nitrogens is 1. The van der Waals surface area contributed by atoms with Crippen molar-refractivity contribution in [2.45, 2.75) is 32.7 Å². The summed E-state index contributed by atoms with van der Waals surface area (Å²) in [6.45, 7) is 3.87. The smallest absolute Gasteiger partial charge is 0.242 e. The Kier molecular flexibility index (Phi) is 4.24. The second-order valence-electron chi connectivity index (χ2n) is 3.55. The second-order valence-corrected chi connectivity index (χ2v) is 3.55. The van der Waals surface area contributed by atoms with Crippen molar-refractivity contribution in [3.63, 3.8) is 0 Å². The quantitative estimate of drug-likeness (QED) is 0.785. The summed E-state index contributed by atoms with van der Waals surface area (Å²) in [6, 6.07) is 5.03. The van der Waals surface area contributed by atoms with Crippen LogP contribution in [0.2, 0.25) is 0 Å². The van der Waals surface area contributed by atoms with Crippen molar-refractivity contribution in [3.8, 4) is 0 Å². The largest absolute Gasteiger partial charge is 0.320 e. The van der Waals surface area contributed by atoms with Gasteiger partial charge in [-0.3, -0.25) is 4.79 Å². The van der Waals surface area contributed by atoms with Crippen LogP contribution in [0, 0.1) is 6.92 Å². The molecule has 0 radical (unpaired) electrons. The van der Waals surface area contributed by atoms with Crippen LogP contribution >= 0.6 is 0 Å². The fourth-order valence-electron chi connectivity index (χ4n) is 1.27. The van der Waals surface area contributed by atoms with Gasteiger partial charge in [0.05, 0.1) is 6.04 Å². The van der Waals surface area contributed by atoms with E-state index >= 15 is 0 Å². The van der Waals surface area contributed by atoms with E-state index in [0.717, 1.165) is 12.1 Å². The maximum absolute atomic E-state index is 11.5. The highest BCUT2D eigenvalue weighted by atomic mass is 16.2. The van der Waals surface area contributed by atoms with Gasteiger partial charge in [-0.25, -0.2) is 4.98 Å². The molecule has 0 fully saturated rings. The molecule has 0 aliphatic rings. The first-order chi connectivity index (χ1) is 7.13. The van der Waals surface area contributed by atoms with Crippen LogP contribution in [-0.4, -0.2) is 16.9 Å². The first-order valence-corrected chi connectivity index (χ1v) is 5.13. The Morgan fingerprint density at radius 1 is 1.60 bits per heavy atom. The minimum Gasteiger partial charge on any atom is -0.320 e. The third-order valence-corrected chi connectivity index (χ3v) is 2.08. The Labute approximate surface area is 89.9 Å². The molecule has 0 unspecified atom stereocenters. The van der Waals surface area contributed by atoms with Gasteiger partial charge in [0.15, 0.2) is 0 Å². The Morgan fingerprint density at radius 2 is 2.33 bits per heavy atom. The van der Waals surface area contributed by atoms with Crippen molar-refractivity contribution < 1.29 is 4.79 Å². The number of nitrogens with one attached hydrogen (secondary N) is 1. The van der Waals surface area contributed by atoms with E-state index in [1.807, 2.05) is 26.0 Å². The molecule has 1 rings (SSSR count). The average molecular weight is 207 g/mol. The summed E-state index contributed by atoms with van der Waals surface area (Å²) in [5, 5.41) is 2.69. The fraction of sp³-hybridized carbons (Fsp3) is 0.455. The zero-order chi connectivity index (χ0) is 11.3. The number of hydrogen-bond donors (Lipinski definition) is 2. The van der Waals surface area contributed by atoms with Crippen molar-refractivity contribution in [2.24, 2.45) is 5.73 Å². The number of nitrogens with two attached hydrogens (primary N) is 1. The standard InChI is InChI=1S/C11H17N3O/c1-3-5-9(12)11(15)14-10-7-4-6-8(2)13-10/h4,6-7,9H,3,5,12H2,1-2H3,(H,13,14,15)/t9-/m0/s1. The Morgan fingerprint density at radius 3 is 2.93 bits per heavy atom. The molecule has 0 saturated carbocycles. The van der Waals surface area contributed by atoms with Crippen molar-refractivity contribution in [1.82, 2.24) is 4.98 Å². The van der Waals surface area contributed by atoms with Gasteiger partial charge in [-0.2, -0.15) is 0 Å². The first kappa shape index (κ1) is 11.7. The SMILES string of the molecule is CCC[C@H](N)C(=O)Nc1cccc(C)n1. The lowest BCUT2D eigenvalue weighted by Crippen LogP contribution is -2.35. The third kappa shape index (κ3) is 3.67. The lowest BCUT2D eigenvalue weighted by atomic mass is 10.2. The van der Waals surface area contributed by atoms with E-state index in [1.54, 1.807) is 6.07 Å². The Balaban J connectivity index is 2.58. The van der Waals surface area contributed by atoms with Crippen molar-refractivity contribution in [1.29, 1.82) is 0 Å². The van der Waals surface area contributed by atoms with E-state index in [0.29, 0.717) is 12.2 Å². The van der Waals surface area contributed by atoms with E-state index in [9.17, 15) is 4.79 Å². The number of rotatable bonds is 4. The molecular formula is C11H17N3O. The lowest BCUT2D eigenvalue weighted by Gasteiger charge is -2.10. The van der Waals surface area contributed by atoms with E-state index in [2.05, 4.69) is 10.3 Å². The molecule has 4 nitrogen and oxygen atoms in total. The van der Waals surface area contributed by atoms with Gasteiger partial charge in [-0.15, -0.1) is 0 Å². The molecule has 0 aromatic carbocycles. The topological polar surface area (TPSA) is 68.0 Å². The average Bonchev–Trinajstić information content (AvgIpc) is 2.18. The minimum absolute atomic E-state index is 0.171. The molecule has 0 saturated heterocycles. The van der Waals surface area contributed by atoms with Crippen molar-refractivity contribution in [2.75, 3.05) is 5.32 Å². The monoisotopic (exact) mass is 207 g/mol. The van der Waals surface area contributed by atoms with E-state index < -0.39 is 6.04 Å². The molecule has 1 heterocycles. The normalized spacial score (nSPS) is 12.2. The summed E-state index contributed by atoms with van der Waals surface area (Å²) in [5.74, 6) is 0.390. The van der Waals surface area contributed by atoms with Gasteiger partial charge in [-0.1, -0.05) is 19.4 Å².